The van der Waals surface area contributed by atoms with Gasteiger partial charge in [-0.25, -0.2) is 0 Å². The molecule has 0 saturated heterocycles. The molecule has 1 aliphatic rings. The Morgan fingerprint density at radius 3 is 2.74 bits per heavy atom. The number of benzene rings is 1. The second-order valence-corrected chi connectivity index (χ2v) is 9.73. The number of thiophene rings is 1. The molecule has 4 rings (SSSR count). The Labute approximate surface area is 191 Å². The molecule has 164 valence electrons. The van der Waals surface area contributed by atoms with Crippen LogP contribution < -0.4 is 10.1 Å². The fourth-order valence-corrected chi connectivity index (χ4v) is 5.83. The topological polar surface area (TPSA) is 69.0 Å². The number of anilines is 1. The molecule has 1 N–H and O–H groups in total. The summed E-state index contributed by atoms with van der Waals surface area (Å²) >= 11 is 3.26. The average Bonchev–Trinajstić information content (AvgIpc) is 3.37. The Hall–Kier alpha value is -2.32. The number of rotatable bonds is 8. The fraction of sp³-hybridized carbons (Fsp3) is 0.435. The van der Waals surface area contributed by atoms with E-state index in [2.05, 4.69) is 39.3 Å². The summed E-state index contributed by atoms with van der Waals surface area (Å²) in [6.07, 6.45) is 4.80. The van der Waals surface area contributed by atoms with Gasteiger partial charge in [0.2, 0.25) is 5.91 Å². The van der Waals surface area contributed by atoms with Gasteiger partial charge in [-0.15, -0.1) is 21.5 Å². The highest BCUT2D eigenvalue weighted by Crippen LogP contribution is 2.37. The van der Waals surface area contributed by atoms with Crippen molar-refractivity contribution in [1.82, 2.24) is 14.8 Å². The van der Waals surface area contributed by atoms with Crippen LogP contribution in [0.1, 0.15) is 50.1 Å². The minimum absolute atomic E-state index is 0.0677. The van der Waals surface area contributed by atoms with Crippen LogP contribution in [0.2, 0.25) is 0 Å². The van der Waals surface area contributed by atoms with Crippen LogP contribution in [0.15, 0.2) is 34.8 Å². The molecule has 0 unspecified atom stereocenters. The summed E-state index contributed by atoms with van der Waals surface area (Å²) in [6.45, 7) is 6.84. The Kier molecular flexibility index (Phi) is 6.97. The van der Waals surface area contributed by atoms with Crippen molar-refractivity contribution >= 4 is 34.7 Å². The van der Waals surface area contributed by atoms with E-state index in [9.17, 15) is 4.79 Å². The first-order chi connectivity index (χ1) is 15.1. The van der Waals surface area contributed by atoms with Crippen molar-refractivity contribution in [2.45, 2.75) is 57.7 Å². The van der Waals surface area contributed by atoms with Gasteiger partial charge in [-0.05, 0) is 76.3 Å². The molecule has 0 atom stereocenters. The first-order valence-electron chi connectivity index (χ1n) is 10.8. The third kappa shape index (κ3) is 4.96. The maximum atomic E-state index is 12.5. The molecule has 1 amide bonds. The van der Waals surface area contributed by atoms with Crippen LogP contribution in [0, 0.1) is 0 Å². The first-order valence-corrected chi connectivity index (χ1v) is 12.6. The number of carbonyl (C=O) groups is 1. The van der Waals surface area contributed by atoms with Gasteiger partial charge in [0, 0.05) is 27.5 Å². The van der Waals surface area contributed by atoms with Gasteiger partial charge in [-0.1, -0.05) is 11.8 Å². The van der Waals surface area contributed by atoms with E-state index >= 15 is 0 Å². The summed E-state index contributed by atoms with van der Waals surface area (Å²) in [5.41, 5.74) is 3.41. The van der Waals surface area contributed by atoms with E-state index < -0.39 is 0 Å². The Bertz CT molecular complexity index is 1040. The quantitative estimate of drug-likeness (QED) is 0.447. The lowest BCUT2D eigenvalue weighted by Crippen LogP contribution is -2.15. The van der Waals surface area contributed by atoms with Gasteiger partial charge in [-0.3, -0.25) is 9.36 Å². The lowest BCUT2D eigenvalue weighted by atomic mass is 9.95. The van der Waals surface area contributed by atoms with Crippen molar-refractivity contribution in [3.8, 4) is 17.1 Å². The van der Waals surface area contributed by atoms with Crippen molar-refractivity contribution in [2.75, 3.05) is 17.7 Å². The fourth-order valence-electron chi connectivity index (χ4n) is 3.83. The molecule has 1 aliphatic carbocycles. The maximum Gasteiger partial charge on any atom is 0.234 e. The second-order valence-electron chi connectivity index (χ2n) is 7.82. The van der Waals surface area contributed by atoms with Crippen molar-refractivity contribution < 1.29 is 9.53 Å². The summed E-state index contributed by atoms with van der Waals surface area (Å²) in [4.78, 5) is 14.0. The van der Waals surface area contributed by atoms with Gasteiger partial charge >= 0.3 is 0 Å². The lowest BCUT2D eigenvalue weighted by Gasteiger charge is -2.16. The highest BCUT2D eigenvalue weighted by atomic mass is 32.2. The predicted molar refractivity (Wildman–Crippen MR) is 127 cm³/mol. The van der Waals surface area contributed by atoms with E-state index in [0.717, 1.165) is 28.8 Å². The van der Waals surface area contributed by atoms with E-state index in [1.807, 2.05) is 42.5 Å². The first kappa shape index (κ1) is 21.9. The number of nitrogens with one attached hydrogen (secondary N) is 1. The largest absolute Gasteiger partial charge is 0.494 e. The summed E-state index contributed by atoms with van der Waals surface area (Å²) in [5.74, 6) is 1.92. The summed E-state index contributed by atoms with van der Waals surface area (Å²) in [7, 11) is 0. The van der Waals surface area contributed by atoms with Crippen molar-refractivity contribution in [3.63, 3.8) is 0 Å². The number of hydrogen-bond donors (Lipinski definition) is 1. The molecule has 1 aromatic carbocycles. The summed E-state index contributed by atoms with van der Waals surface area (Å²) in [6, 6.07) is 7.62. The number of aryl methyl sites for hydroxylation is 1. The number of nitrogens with zero attached hydrogens (tertiary/aromatic N) is 3. The minimum Gasteiger partial charge on any atom is -0.494 e. The highest BCUT2D eigenvalue weighted by molar-refractivity contribution is 7.99. The Morgan fingerprint density at radius 1 is 1.23 bits per heavy atom. The highest BCUT2D eigenvalue weighted by Gasteiger charge is 2.23. The van der Waals surface area contributed by atoms with Crippen LogP contribution in [0.4, 0.5) is 5.69 Å². The maximum absolute atomic E-state index is 12.5. The zero-order valence-corrected chi connectivity index (χ0v) is 19.8. The second kappa shape index (κ2) is 9.87. The predicted octanol–water partition coefficient (Wildman–Crippen LogP) is 5.60. The minimum atomic E-state index is -0.0677. The standard InChI is InChI=1S/C23H28N4O2S2/c1-4-29-17-11-9-16(10-12-17)24-21(28)14-31-23-26-25-22(27(23)15(2)3)19-13-30-20-8-6-5-7-18(19)20/h9-13,15H,4-8,14H2,1-3H3,(H,24,28). The van der Waals surface area contributed by atoms with Crippen LogP contribution in [0.25, 0.3) is 11.4 Å². The van der Waals surface area contributed by atoms with Crippen LogP contribution in [-0.4, -0.2) is 33.0 Å². The Balaban J connectivity index is 1.45. The zero-order valence-electron chi connectivity index (χ0n) is 18.2. The smallest absolute Gasteiger partial charge is 0.234 e. The number of thioether (sulfide) groups is 1. The van der Waals surface area contributed by atoms with Gasteiger partial charge in [0.25, 0.3) is 0 Å². The third-order valence-corrected chi connectivity index (χ3v) is 7.30. The van der Waals surface area contributed by atoms with Gasteiger partial charge in [0.15, 0.2) is 11.0 Å². The van der Waals surface area contributed by atoms with Gasteiger partial charge in [0.1, 0.15) is 5.75 Å². The number of amides is 1. The third-order valence-electron chi connectivity index (χ3n) is 5.26. The number of fused-ring (bicyclic) bond motifs is 1. The summed E-state index contributed by atoms with van der Waals surface area (Å²) in [5, 5.41) is 14.9. The molecule has 3 aromatic rings. The van der Waals surface area contributed by atoms with Crippen LogP contribution in [0.3, 0.4) is 0 Å². The van der Waals surface area contributed by atoms with E-state index in [4.69, 9.17) is 4.74 Å². The zero-order chi connectivity index (χ0) is 21.8. The molecule has 0 spiro atoms. The number of carbonyl (C=O) groups excluding carboxylic acids is 1. The Morgan fingerprint density at radius 2 is 2.00 bits per heavy atom. The number of hydrogen-bond acceptors (Lipinski definition) is 6. The SMILES string of the molecule is CCOc1ccc(NC(=O)CSc2nnc(-c3csc4c3CCCC4)n2C(C)C)cc1. The molecule has 0 aliphatic heterocycles. The molecular weight excluding hydrogens is 428 g/mol. The summed E-state index contributed by atoms with van der Waals surface area (Å²) < 4.78 is 7.60. The molecule has 2 aromatic heterocycles. The van der Waals surface area contributed by atoms with Gasteiger partial charge in [0.05, 0.1) is 12.4 Å². The normalized spacial score (nSPS) is 13.3. The van der Waals surface area contributed by atoms with Crippen LogP contribution in [-0.2, 0) is 17.6 Å². The molecule has 31 heavy (non-hydrogen) atoms. The molecule has 0 bridgehead atoms. The monoisotopic (exact) mass is 456 g/mol. The van der Waals surface area contributed by atoms with Crippen molar-refractivity contribution in [1.29, 1.82) is 0 Å². The van der Waals surface area contributed by atoms with E-state index in [1.54, 1.807) is 0 Å². The van der Waals surface area contributed by atoms with Crippen LogP contribution >= 0.6 is 23.1 Å². The van der Waals surface area contributed by atoms with Crippen molar-refractivity contribution in [3.05, 3.63) is 40.1 Å². The van der Waals surface area contributed by atoms with Gasteiger partial charge < -0.3 is 10.1 Å². The van der Waals surface area contributed by atoms with Crippen molar-refractivity contribution in [2.24, 2.45) is 0 Å². The van der Waals surface area contributed by atoms with E-state index in [1.165, 1.54) is 47.0 Å². The molecule has 6 nitrogen and oxygen atoms in total. The van der Waals surface area contributed by atoms with E-state index in [0.29, 0.717) is 6.61 Å². The molecule has 0 radical (unpaired) electrons. The van der Waals surface area contributed by atoms with Gasteiger partial charge in [-0.2, -0.15) is 0 Å². The van der Waals surface area contributed by atoms with E-state index in [-0.39, 0.29) is 17.7 Å². The molecular formula is C23H28N4O2S2. The molecule has 0 saturated carbocycles. The number of ether oxygens (including phenoxy) is 1. The molecule has 8 heteroatoms. The number of aromatic nitrogens is 3. The molecule has 0 fully saturated rings. The lowest BCUT2D eigenvalue weighted by molar-refractivity contribution is -0.113. The molecule has 2 heterocycles. The van der Waals surface area contributed by atoms with Crippen LogP contribution in [0.5, 0.6) is 5.75 Å². The average molecular weight is 457 g/mol.